The summed E-state index contributed by atoms with van der Waals surface area (Å²) in [6.45, 7) is 1.82. The van der Waals surface area contributed by atoms with Crippen LogP contribution in [0.4, 0.5) is 5.69 Å². The molecule has 4 rings (SSSR count). The topological polar surface area (TPSA) is 88.4 Å². The van der Waals surface area contributed by atoms with Gasteiger partial charge in [-0.15, -0.1) is 12.4 Å². The maximum Gasteiger partial charge on any atom is 0.255 e. The molecule has 0 radical (unpaired) electrons. The van der Waals surface area contributed by atoms with Crippen molar-refractivity contribution in [1.29, 1.82) is 0 Å². The van der Waals surface area contributed by atoms with Crippen LogP contribution in [0.3, 0.4) is 0 Å². The molecule has 2 N–H and O–H groups in total. The van der Waals surface area contributed by atoms with Crippen LogP contribution in [0.15, 0.2) is 41.5 Å². The SMILES string of the molecule is Cl.O=C1Cc2c(NC(=O)c3ccccc3)cnn2C(C2CCNCC2)=N1. The highest BCUT2D eigenvalue weighted by Crippen LogP contribution is 2.25. The smallest absolute Gasteiger partial charge is 0.255 e. The highest BCUT2D eigenvalue weighted by Gasteiger charge is 2.29. The maximum absolute atomic E-state index is 12.4. The van der Waals surface area contributed by atoms with Gasteiger partial charge in [-0.1, -0.05) is 18.2 Å². The van der Waals surface area contributed by atoms with Crippen molar-refractivity contribution in [2.45, 2.75) is 19.3 Å². The van der Waals surface area contributed by atoms with Gasteiger partial charge in [0, 0.05) is 11.5 Å². The summed E-state index contributed by atoms with van der Waals surface area (Å²) in [6, 6.07) is 8.98. The average Bonchev–Trinajstić information content (AvgIpc) is 3.05. The number of carbonyl (C=O) groups is 2. The van der Waals surface area contributed by atoms with Crippen LogP contribution in [-0.2, 0) is 11.2 Å². The number of anilines is 1. The third-order valence-corrected chi connectivity index (χ3v) is 4.63. The molecule has 3 heterocycles. The summed E-state index contributed by atoms with van der Waals surface area (Å²) in [5, 5.41) is 10.6. The van der Waals surface area contributed by atoms with E-state index in [-0.39, 0.29) is 36.6 Å². The Balaban J connectivity index is 0.00000196. The van der Waals surface area contributed by atoms with Gasteiger partial charge in [-0.25, -0.2) is 4.68 Å². The molecule has 2 aliphatic rings. The molecule has 0 unspecified atom stereocenters. The molecule has 0 bridgehead atoms. The van der Waals surface area contributed by atoms with Gasteiger partial charge in [-0.2, -0.15) is 10.1 Å². The van der Waals surface area contributed by atoms with Gasteiger partial charge in [-0.05, 0) is 38.1 Å². The van der Waals surface area contributed by atoms with Crippen LogP contribution in [-0.4, -0.2) is 40.5 Å². The van der Waals surface area contributed by atoms with Gasteiger partial charge in [0.25, 0.3) is 11.8 Å². The Morgan fingerprint density at radius 1 is 1.19 bits per heavy atom. The normalized spacial score (nSPS) is 17.1. The summed E-state index contributed by atoms with van der Waals surface area (Å²) in [6.07, 6.45) is 3.61. The van der Waals surface area contributed by atoms with E-state index >= 15 is 0 Å². The maximum atomic E-state index is 12.4. The van der Waals surface area contributed by atoms with Gasteiger partial charge in [0.05, 0.1) is 24.0 Å². The van der Waals surface area contributed by atoms with Gasteiger partial charge in [0.1, 0.15) is 5.84 Å². The van der Waals surface area contributed by atoms with Gasteiger partial charge < -0.3 is 10.6 Å². The van der Waals surface area contributed by atoms with Crippen LogP contribution < -0.4 is 10.6 Å². The third-order valence-electron chi connectivity index (χ3n) is 4.63. The summed E-state index contributed by atoms with van der Waals surface area (Å²) >= 11 is 0. The first kappa shape index (κ1) is 18.3. The summed E-state index contributed by atoms with van der Waals surface area (Å²) < 4.78 is 1.73. The second-order valence-electron chi connectivity index (χ2n) is 6.30. The number of rotatable bonds is 3. The van der Waals surface area contributed by atoms with E-state index in [0.29, 0.717) is 22.8 Å². The van der Waals surface area contributed by atoms with Crippen molar-refractivity contribution in [3.63, 3.8) is 0 Å². The molecular weight excluding hydrogens is 354 g/mol. The van der Waals surface area contributed by atoms with Crippen molar-refractivity contribution in [2.24, 2.45) is 10.9 Å². The number of halogens is 1. The Morgan fingerprint density at radius 3 is 2.65 bits per heavy atom. The lowest BCUT2D eigenvalue weighted by Gasteiger charge is -2.26. The van der Waals surface area contributed by atoms with Crippen molar-refractivity contribution in [3.05, 3.63) is 47.8 Å². The molecule has 0 atom stereocenters. The molecule has 2 amide bonds. The summed E-state index contributed by atoms with van der Waals surface area (Å²) in [5.74, 6) is 0.515. The zero-order valence-corrected chi connectivity index (χ0v) is 15.0. The fourth-order valence-corrected chi connectivity index (χ4v) is 3.33. The lowest BCUT2D eigenvalue weighted by Crippen LogP contribution is -2.38. The molecule has 2 aromatic rings. The fourth-order valence-electron chi connectivity index (χ4n) is 3.33. The van der Waals surface area contributed by atoms with Crippen molar-refractivity contribution in [3.8, 4) is 0 Å². The van der Waals surface area contributed by atoms with E-state index in [4.69, 9.17) is 0 Å². The first-order valence-corrected chi connectivity index (χ1v) is 8.48. The minimum absolute atomic E-state index is 0. The second kappa shape index (κ2) is 7.80. The number of hydrogen-bond donors (Lipinski definition) is 2. The monoisotopic (exact) mass is 373 g/mol. The fraction of sp³-hybridized carbons (Fsp3) is 0.333. The molecule has 0 spiro atoms. The summed E-state index contributed by atoms with van der Waals surface area (Å²) in [4.78, 5) is 28.8. The Bertz CT molecular complexity index is 841. The Morgan fingerprint density at radius 2 is 1.92 bits per heavy atom. The van der Waals surface area contributed by atoms with E-state index in [1.165, 1.54) is 0 Å². The number of benzene rings is 1. The first-order chi connectivity index (χ1) is 12.2. The minimum Gasteiger partial charge on any atom is -0.319 e. The molecule has 1 aromatic heterocycles. The number of aliphatic imine (C=N–C) groups is 1. The number of amides is 2. The predicted molar refractivity (Wildman–Crippen MR) is 101 cm³/mol. The zero-order chi connectivity index (χ0) is 17.2. The number of piperidine rings is 1. The molecule has 0 aliphatic carbocycles. The van der Waals surface area contributed by atoms with E-state index in [0.717, 1.165) is 25.9 Å². The molecule has 1 fully saturated rings. The highest BCUT2D eigenvalue weighted by atomic mass is 35.5. The van der Waals surface area contributed by atoms with E-state index in [1.54, 1.807) is 23.0 Å². The molecule has 2 aliphatic heterocycles. The van der Waals surface area contributed by atoms with E-state index in [9.17, 15) is 9.59 Å². The molecule has 1 aromatic carbocycles. The van der Waals surface area contributed by atoms with E-state index in [1.807, 2.05) is 18.2 Å². The van der Waals surface area contributed by atoms with Crippen LogP contribution in [0.2, 0.25) is 0 Å². The number of nitrogens with zero attached hydrogens (tertiary/aromatic N) is 3. The van der Waals surface area contributed by atoms with Gasteiger partial charge in [0.2, 0.25) is 0 Å². The van der Waals surface area contributed by atoms with Crippen LogP contribution in [0.5, 0.6) is 0 Å². The van der Waals surface area contributed by atoms with Crippen molar-refractivity contribution in [2.75, 3.05) is 18.4 Å². The molecule has 1 saturated heterocycles. The van der Waals surface area contributed by atoms with Crippen molar-refractivity contribution >= 4 is 35.7 Å². The van der Waals surface area contributed by atoms with Gasteiger partial charge >= 0.3 is 0 Å². The predicted octanol–water partition coefficient (Wildman–Crippen LogP) is 1.89. The van der Waals surface area contributed by atoms with Crippen LogP contribution in [0.1, 0.15) is 28.9 Å². The number of hydrogen-bond acceptors (Lipinski definition) is 4. The lowest BCUT2D eigenvalue weighted by molar-refractivity contribution is -0.117. The lowest BCUT2D eigenvalue weighted by atomic mass is 9.96. The molecule has 8 heteroatoms. The molecular formula is C18H20ClN5O2. The van der Waals surface area contributed by atoms with Gasteiger partial charge in [-0.3, -0.25) is 9.59 Å². The summed E-state index contributed by atoms with van der Waals surface area (Å²) in [7, 11) is 0. The zero-order valence-electron chi connectivity index (χ0n) is 14.1. The quantitative estimate of drug-likeness (QED) is 0.859. The van der Waals surface area contributed by atoms with E-state index < -0.39 is 0 Å². The van der Waals surface area contributed by atoms with Crippen molar-refractivity contribution in [1.82, 2.24) is 15.1 Å². The second-order valence-corrected chi connectivity index (χ2v) is 6.30. The molecule has 0 saturated carbocycles. The Labute approximate surface area is 157 Å². The molecule has 7 nitrogen and oxygen atoms in total. The van der Waals surface area contributed by atoms with Crippen LogP contribution in [0, 0.1) is 5.92 Å². The van der Waals surface area contributed by atoms with E-state index in [2.05, 4.69) is 20.7 Å². The number of carbonyl (C=O) groups excluding carboxylic acids is 2. The highest BCUT2D eigenvalue weighted by molar-refractivity contribution is 6.06. The Hall–Kier alpha value is -2.51. The van der Waals surface area contributed by atoms with Crippen LogP contribution in [0.25, 0.3) is 0 Å². The standard InChI is InChI=1S/C18H19N5O2.ClH/c24-16-10-15-14(21-18(25)13-4-2-1-3-5-13)11-20-23(15)17(22-16)12-6-8-19-9-7-12;/h1-5,11-12,19H,6-10H2,(H,21,25);1H. The van der Waals surface area contributed by atoms with Crippen LogP contribution >= 0.6 is 12.4 Å². The third kappa shape index (κ3) is 3.54. The summed E-state index contributed by atoms with van der Waals surface area (Å²) in [5.41, 5.74) is 1.85. The Kier molecular flexibility index (Phi) is 5.49. The van der Waals surface area contributed by atoms with Crippen molar-refractivity contribution < 1.29 is 9.59 Å². The first-order valence-electron chi connectivity index (χ1n) is 8.48. The van der Waals surface area contributed by atoms with Gasteiger partial charge in [0.15, 0.2) is 0 Å². The number of fused-ring (bicyclic) bond motifs is 1. The minimum atomic E-state index is -0.213. The number of nitrogens with one attached hydrogen (secondary N) is 2. The average molecular weight is 374 g/mol. The number of aromatic nitrogens is 2. The molecule has 136 valence electrons. The molecule has 26 heavy (non-hydrogen) atoms. The largest absolute Gasteiger partial charge is 0.319 e.